The second kappa shape index (κ2) is 6.11. The van der Waals surface area contributed by atoms with Gasteiger partial charge in [0.2, 0.25) is 0 Å². The number of rotatable bonds is 5. The molecule has 1 aromatic carbocycles. The number of ether oxygens (including phenoxy) is 2. The molecule has 1 atom stereocenters. The fraction of sp³-hybridized carbons (Fsp3) is 0.500. The molecule has 0 saturated carbocycles. The average Bonchev–Trinajstić information content (AvgIpc) is 2.27. The fourth-order valence-corrected chi connectivity index (χ4v) is 2.00. The van der Waals surface area contributed by atoms with Crippen LogP contribution in [-0.2, 0) is 6.42 Å². The number of aliphatic hydroxyl groups excluding tert-OH is 1. The molecule has 0 radical (unpaired) electrons. The van der Waals surface area contributed by atoms with Gasteiger partial charge in [-0.15, -0.1) is 0 Å². The minimum atomic E-state index is -0.291. The summed E-state index contributed by atoms with van der Waals surface area (Å²) in [6, 6.07) is 3.91. The number of hydrogen-bond donors (Lipinski definition) is 1. The van der Waals surface area contributed by atoms with Gasteiger partial charge in [0.05, 0.1) is 20.3 Å². The molecular formula is C12H17BrO3. The molecule has 16 heavy (non-hydrogen) atoms. The van der Waals surface area contributed by atoms with Crippen molar-refractivity contribution in [3.05, 3.63) is 22.2 Å². The molecule has 1 N–H and O–H groups in total. The molecule has 4 heteroatoms. The van der Waals surface area contributed by atoms with Gasteiger partial charge in [0.25, 0.3) is 0 Å². The first-order valence-corrected chi connectivity index (χ1v) is 5.96. The molecule has 0 aliphatic rings. The molecule has 0 unspecified atom stereocenters. The summed E-state index contributed by atoms with van der Waals surface area (Å²) in [7, 11) is 3.25. The lowest BCUT2D eigenvalue weighted by Gasteiger charge is -2.12. The highest BCUT2D eigenvalue weighted by Gasteiger charge is 2.10. The molecule has 0 aliphatic heterocycles. The molecule has 1 rings (SSSR count). The highest BCUT2D eigenvalue weighted by atomic mass is 79.9. The second-order valence-corrected chi connectivity index (χ2v) is 4.50. The van der Waals surface area contributed by atoms with Crippen LogP contribution in [0.5, 0.6) is 11.5 Å². The Morgan fingerprint density at radius 3 is 2.12 bits per heavy atom. The van der Waals surface area contributed by atoms with Crippen molar-refractivity contribution in [3.8, 4) is 11.5 Å². The molecule has 0 fully saturated rings. The van der Waals surface area contributed by atoms with Gasteiger partial charge in [-0.25, -0.2) is 0 Å². The molecule has 0 heterocycles. The largest absolute Gasteiger partial charge is 0.495 e. The van der Waals surface area contributed by atoms with Crippen molar-refractivity contribution in [2.45, 2.75) is 25.9 Å². The Bertz CT molecular complexity index is 325. The minimum Gasteiger partial charge on any atom is -0.495 e. The number of aliphatic hydroxyl groups is 1. The van der Waals surface area contributed by atoms with Gasteiger partial charge in [0.15, 0.2) is 0 Å². The lowest BCUT2D eigenvalue weighted by Crippen LogP contribution is -2.02. The fourth-order valence-electron chi connectivity index (χ4n) is 1.44. The van der Waals surface area contributed by atoms with Gasteiger partial charge in [0, 0.05) is 0 Å². The summed E-state index contributed by atoms with van der Waals surface area (Å²) in [4.78, 5) is 0. The maximum atomic E-state index is 9.25. The van der Waals surface area contributed by atoms with E-state index in [1.54, 1.807) is 21.1 Å². The Morgan fingerprint density at radius 2 is 1.75 bits per heavy atom. The van der Waals surface area contributed by atoms with Crippen LogP contribution < -0.4 is 9.47 Å². The Hall–Kier alpha value is -0.740. The molecule has 0 saturated heterocycles. The third-order valence-electron chi connectivity index (χ3n) is 2.36. The van der Waals surface area contributed by atoms with Crippen molar-refractivity contribution in [1.29, 1.82) is 0 Å². The van der Waals surface area contributed by atoms with Gasteiger partial charge >= 0.3 is 0 Å². The van der Waals surface area contributed by atoms with Crippen LogP contribution in [0.4, 0.5) is 0 Å². The van der Waals surface area contributed by atoms with E-state index in [1.807, 2.05) is 12.1 Å². The van der Waals surface area contributed by atoms with Crippen LogP contribution in [0.25, 0.3) is 0 Å². The zero-order chi connectivity index (χ0) is 12.1. The van der Waals surface area contributed by atoms with Gasteiger partial charge in [-0.3, -0.25) is 0 Å². The van der Waals surface area contributed by atoms with E-state index in [0.717, 1.165) is 34.4 Å². The molecule has 0 amide bonds. The summed E-state index contributed by atoms with van der Waals surface area (Å²) >= 11 is 3.42. The van der Waals surface area contributed by atoms with Crippen LogP contribution in [-0.4, -0.2) is 25.4 Å². The normalized spacial score (nSPS) is 12.3. The van der Waals surface area contributed by atoms with Crippen LogP contribution in [0, 0.1) is 0 Å². The summed E-state index contributed by atoms with van der Waals surface area (Å²) < 4.78 is 11.3. The van der Waals surface area contributed by atoms with Crippen LogP contribution in [0.2, 0.25) is 0 Å². The first-order chi connectivity index (χ1) is 7.58. The van der Waals surface area contributed by atoms with Crippen molar-refractivity contribution >= 4 is 15.9 Å². The quantitative estimate of drug-likeness (QED) is 0.906. The number of benzene rings is 1. The smallest absolute Gasteiger partial charge is 0.137 e. The predicted molar refractivity (Wildman–Crippen MR) is 67.2 cm³/mol. The first-order valence-electron chi connectivity index (χ1n) is 5.17. The highest BCUT2D eigenvalue weighted by molar-refractivity contribution is 9.10. The van der Waals surface area contributed by atoms with E-state index in [2.05, 4.69) is 15.9 Å². The van der Waals surface area contributed by atoms with E-state index in [-0.39, 0.29) is 6.10 Å². The van der Waals surface area contributed by atoms with E-state index < -0.39 is 0 Å². The Labute approximate surface area is 105 Å². The van der Waals surface area contributed by atoms with Gasteiger partial charge < -0.3 is 14.6 Å². The minimum absolute atomic E-state index is 0.291. The standard InChI is InChI=1S/C12H17BrO3/c1-8(14)4-5-9-6-10(15-2)12(13)11(7-9)16-3/h6-8,14H,4-5H2,1-3H3/t8-/m1/s1. The zero-order valence-electron chi connectivity index (χ0n) is 9.79. The van der Waals surface area contributed by atoms with E-state index in [9.17, 15) is 5.11 Å². The van der Waals surface area contributed by atoms with Crippen LogP contribution in [0.3, 0.4) is 0 Å². The van der Waals surface area contributed by atoms with E-state index in [4.69, 9.17) is 9.47 Å². The van der Waals surface area contributed by atoms with Crippen LogP contribution in [0.1, 0.15) is 18.9 Å². The Kier molecular flexibility index (Phi) is 5.09. The molecule has 3 nitrogen and oxygen atoms in total. The van der Waals surface area contributed by atoms with E-state index >= 15 is 0 Å². The molecule has 0 spiro atoms. The molecule has 0 aromatic heterocycles. The Morgan fingerprint density at radius 1 is 1.25 bits per heavy atom. The second-order valence-electron chi connectivity index (χ2n) is 3.70. The molecule has 0 bridgehead atoms. The van der Waals surface area contributed by atoms with E-state index in [1.165, 1.54) is 0 Å². The van der Waals surface area contributed by atoms with Gasteiger partial charge in [-0.2, -0.15) is 0 Å². The molecular weight excluding hydrogens is 272 g/mol. The molecule has 0 aliphatic carbocycles. The lowest BCUT2D eigenvalue weighted by atomic mass is 10.1. The Balaban J connectivity index is 2.93. The maximum Gasteiger partial charge on any atom is 0.137 e. The third-order valence-corrected chi connectivity index (χ3v) is 3.14. The number of halogens is 1. The summed E-state index contributed by atoms with van der Waals surface area (Å²) in [5.41, 5.74) is 1.10. The SMILES string of the molecule is COc1cc(CC[C@@H](C)O)cc(OC)c1Br. The predicted octanol–water partition coefficient (Wildman–Crippen LogP) is 2.78. The van der Waals surface area contributed by atoms with Crippen LogP contribution in [0.15, 0.2) is 16.6 Å². The molecule has 90 valence electrons. The number of methoxy groups -OCH3 is 2. The van der Waals surface area contributed by atoms with Crippen molar-refractivity contribution in [2.75, 3.05) is 14.2 Å². The van der Waals surface area contributed by atoms with Crippen molar-refractivity contribution in [3.63, 3.8) is 0 Å². The number of aryl methyl sites for hydroxylation is 1. The number of hydrogen-bond acceptors (Lipinski definition) is 3. The van der Waals surface area contributed by atoms with Crippen molar-refractivity contribution in [2.24, 2.45) is 0 Å². The van der Waals surface area contributed by atoms with Gasteiger partial charge in [-0.05, 0) is 53.4 Å². The van der Waals surface area contributed by atoms with Crippen molar-refractivity contribution < 1.29 is 14.6 Å². The zero-order valence-corrected chi connectivity index (χ0v) is 11.4. The maximum absolute atomic E-state index is 9.25. The summed E-state index contributed by atoms with van der Waals surface area (Å²) in [6.45, 7) is 1.79. The van der Waals surface area contributed by atoms with Crippen molar-refractivity contribution in [1.82, 2.24) is 0 Å². The lowest BCUT2D eigenvalue weighted by molar-refractivity contribution is 0.185. The van der Waals surface area contributed by atoms with Gasteiger partial charge in [0.1, 0.15) is 16.0 Å². The first kappa shape index (κ1) is 13.3. The van der Waals surface area contributed by atoms with Crippen LogP contribution >= 0.6 is 15.9 Å². The summed E-state index contributed by atoms with van der Waals surface area (Å²) in [6.07, 6.45) is 1.24. The van der Waals surface area contributed by atoms with Gasteiger partial charge in [-0.1, -0.05) is 0 Å². The van der Waals surface area contributed by atoms with E-state index in [0.29, 0.717) is 0 Å². The topological polar surface area (TPSA) is 38.7 Å². The third kappa shape index (κ3) is 3.39. The summed E-state index contributed by atoms with van der Waals surface area (Å²) in [5.74, 6) is 1.50. The summed E-state index contributed by atoms with van der Waals surface area (Å²) in [5, 5.41) is 9.25. The average molecular weight is 289 g/mol. The molecule has 1 aromatic rings. The monoisotopic (exact) mass is 288 g/mol. The highest BCUT2D eigenvalue weighted by Crippen LogP contribution is 2.35.